The molecule has 2 heterocycles. The third-order valence-corrected chi connectivity index (χ3v) is 1.78. The van der Waals surface area contributed by atoms with Crippen LogP contribution in [-0.2, 0) is 0 Å². The van der Waals surface area contributed by atoms with Crippen LogP contribution in [0, 0.1) is 13.8 Å². The molecule has 2 aromatic rings. The maximum Gasteiger partial charge on any atom is 0.0642 e. The van der Waals surface area contributed by atoms with Gasteiger partial charge in [-0.3, -0.25) is 4.98 Å². The van der Waals surface area contributed by atoms with Gasteiger partial charge < -0.3 is 4.98 Å². The van der Waals surface area contributed by atoms with E-state index in [-0.39, 0.29) is 0 Å². The van der Waals surface area contributed by atoms with E-state index in [4.69, 9.17) is 0 Å². The van der Waals surface area contributed by atoms with Crippen molar-refractivity contribution in [2.45, 2.75) is 27.7 Å². The number of nitrogens with zero attached hydrogens (tertiary/aromatic N) is 1. The van der Waals surface area contributed by atoms with Crippen molar-refractivity contribution in [1.29, 1.82) is 0 Å². The molecule has 0 atom stereocenters. The summed E-state index contributed by atoms with van der Waals surface area (Å²) in [6, 6.07) is 4.21. The number of fused-ring (bicyclic) bond motifs is 1. The number of aromatic nitrogens is 2. The van der Waals surface area contributed by atoms with Gasteiger partial charge in [-0.05, 0) is 26.0 Å². The van der Waals surface area contributed by atoms with Gasteiger partial charge in [0.15, 0.2) is 0 Å². The molecular weight excluding hydrogens is 160 g/mol. The van der Waals surface area contributed by atoms with E-state index in [1.165, 1.54) is 11.1 Å². The Bertz CT molecular complexity index is 388. The van der Waals surface area contributed by atoms with Crippen LogP contribution in [0.3, 0.4) is 0 Å². The van der Waals surface area contributed by atoms with Gasteiger partial charge in [0.2, 0.25) is 0 Å². The topological polar surface area (TPSA) is 28.7 Å². The van der Waals surface area contributed by atoms with Crippen molar-refractivity contribution in [3.63, 3.8) is 0 Å². The first-order valence-corrected chi connectivity index (χ1v) is 4.68. The van der Waals surface area contributed by atoms with Crippen LogP contribution >= 0.6 is 0 Å². The Balaban J connectivity index is 0.000000396. The van der Waals surface area contributed by atoms with Gasteiger partial charge in [-0.25, -0.2) is 0 Å². The van der Waals surface area contributed by atoms with Gasteiger partial charge in [-0.1, -0.05) is 13.8 Å². The van der Waals surface area contributed by atoms with E-state index in [0.717, 1.165) is 11.2 Å². The summed E-state index contributed by atoms with van der Waals surface area (Å²) in [5.41, 5.74) is 3.37. The van der Waals surface area contributed by atoms with Crippen molar-refractivity contribution < 1.29 is 0 Å². The highest BCUT2D eigenvalue weighted by atomic mass is 14.8. The fourth-order valence-corrected chi connectivity index (χ4v) is 1.29. The van der Waals surface area contributed by atoms with Crippen molar-refractivity contribution in [2.75, 3.05) is 0 Å². The number of hydrogen-bond donors (Lipinski definition) is 1. The second-order valence-corrected chi connectivity index (χ2v) is 2.87. The highest BCUT2D eigenvalue weighted by Gasteiger charge is 1.96. The summed E-state index contributed by atoms with van der Waals surface area (Å²) in [6.07, 6.45) is 1.87. The molecule has 1 N–H and O–H groups in total. The highest BCUT2D eigenvalue weighted by molar-refractivity contribution is 5.79. The van der Waals surface area contributed by atoms with Gasteiger partial charge in [0.1, 0.15) is 0 Å². The Morgan fingerprint density at radius 1 is 1.15 bits per heavy atom. The quantitative estimate of drug-likeness (QED) is 0.656. The van der Waals surface area contributed by atoms with Crippen LogP contribution in [0.25, 0.3) is 10.9 Å². The zero-order valence-electron chi connectivity index (χ0n) is 8.68. The van der Waals surface area contributed by atoms with Gasteiger partial charge in [0, 0.05) is 16.8 Å². The van der Waals surface area contributed by atoms with E-state index in [1.54, 1.807) is 0 Å². The van der Waals surface area contributed by atoms with Crippen LogP contribution in [0.1, 0.15) is 25.2 Å². The molecular formula is C11H16N2. The second kappa shape index (κ2) is 4.08. The number of aryl methyl sites for hydroxylation is 2. The molecule has 0 aliphatic carbocycles. The first kappa shape index (κ1) is 9.78. The lowest BCUT2D eigenvalue weighted by Gasteiger charge is -1.89. The summed E-state index contributed by atoms with van der Waals surface area (Å²) in [5, 5.41) is 1.25. The van der Waals surface area contributed by atoms with E-state index in [2.05, 4.69) is 29.0 Å². The second-order valence-electron chi connectivity index (χ2n) is 2.87. The average molecular weight is 176 g/mol. The van der Waals surface area contributed by atoms with Crippen LogP contribution in [0.4, 0.5) is 0 Å². The number of nitrogens with one attached hydrogen (secondary N) is 1. The lowest BCUT2D eigenvalue weighted by atomic mass is 10.3. The molecule has 2 aromatic heterocycles. The molecule has 2 rings (SSSR count). The Hall–Kier alpha value is -1.31. The maximum absolute atomic E-state index is 4.19. The third kappa shape index (κ3) is 2.08. The molecule has 70 valence electrons. The van der Waals surface area contributed by atoms with Crippen molar-refractivity contribution in [3.05, 3.63) is 29.7 Å². The summed E-state index contributed by atoms with van der Waals surface area (Å²) in [5.74, 6) is 0. The zero-order valence-corrected chi connectivity index (χ0v) is 8.68. The molecule has 0 spiro atoms. The number of H-pyrrole nitrogens is 1. The molecule has 0 fully saturated rings. The minimum absolute atomic E-state index is 1.07. The molecule has 0 saturated carbocycles. The molecule has 0 aliphatic heterocycles. The van der Waals surface area contributed by atoms with Crippen LogP contribution in [-0.4, -0.2) is 9.97 Å². The Morgan fingerprint density at radius 3 is 2.54 bits per heavy atom. The van der Waals surface area contributed by atoms with Crippen LogP contribution in [0.2, 0.25) is 0 Å². The predicted molar refractivity (Wildman–Crippen MR) is 56.9 cm³/mol. The minimum atomic E-state index is 1.07. The number of pyridine rings is 1. The van der Waals surface area contributed by atoms with E-state index in [1.807, 2.05) is 27.0 Å². The van der Waals surface area contributed by atoms with E-state index < -0.39 is 0 Å². The maximum atomic E-state index is 4.19. The standard InChI is InChI=1S/C9H10N2.C2H6/c1-6-3-8-4-7(2)11-9(8)5-10-6;1-2/h3-5,11H,1-2H3;1-2H3. The summed E-state index contributed by atoms with van der Waals surface area (Å²) in [4.78, 5) is 7.41. The molecule has 0 amide bonds. The molecule has 0 saturated heterocycles. The Labute approximate surface area is 79.0 Å². The largest absolute Gasteiger partial charge is 0.357 e. The van der Waals surface area contributed by atoms with Crippen molar-refractivity contribution in [2.24, 2.45) is 0 Å². The van der Waals surface area contributed by atoms with Crippen molar-refractivity contribution in [3.8, 4) is 0 Å². The van der Waals surface area contributed by atoms with Crippen LogP contribution in [0.5, 0.6) is 0 Å². The number of hydrogen-bond acceptors (Lipinski definition) is 1. The smallest absolute Gasteiger partial charge is 0.0642 e. The molecule has 0 bridgehead atoms. The summed E-state index contributed by atoms with van der Waals surface area (Å²) < 4.78 is 0. The summed E-state index contributed by atoms with van der Waals surface area (Å²) in [6.45, 7) is 8.05. The van der Waals surface area contributed by atoms with E-state index in [0.29, 0.717) is 0 Å². The van der Waals surface area contributed by atoms with Crippen molar-refractivity contribution in [1.82, 2.24) is 9.97 Å². The van der Waals surface area contributed by atoms with Crippen LogP contribution < -0.4 is 0 Å². The third-order valence-electron chi connectivity index (χ3n) is 1.78. The van der Waals surface area contributed by atoms with Crippen LogP contribution in [0.15, 0.2) is 18.3 Å². The SMILES string of the molecule is CC.Cc1cc2cc(C)[nH]c2cn1. The fourth-order valence-electron chi connectivity index (χ4n) is 1.29. The normalized spacial score (nSPS) is 9.54. The average Bonchev–Trinajstić information content (AvgIpc) is 2.48. The fraction of sp³-hybridized carbons (Fsp3) is 0.364. The van der Waals surface area contributed by atoms with Gasteiger partial charge in [-0.2, -0.15) is 0 Å². The van der Waals surface area contributed by atoms with E-state index in [9.17, 15) is 0 Å². The molecule has 2 heteroatoms. The summed E-state index contributed by atoms with van der Waals surface area (Å²) >= 11 is 0. The lowest BCUT2D eigenvalue weighted by Crippen LogP contribution is -1.77. The Morgan fingerprint density at radius 2 is 1.85 bits per heavy atom. The van der Waals surface area contributed by atoms with Gasteiger partial charge in [-0.15, -0.1) is 0 Å². The molecule has 2 nitrogen and oxygen atoms in total. The highest BCUT2D eigenvalue weighted by Crippen LogP contribution is 2.13. The van der Waals surface area contributed by atoms with E-state index >= 15 is 0 Å². The molecule has 13 heavy (non-hydrogen) atoms. The molecule has 0 radical (unpaired) electrons. The Kier molecular flexibility index (Phi) is 3.07. The van der Waals surface area contributed by atoms with Gasteiger partial charge in [0.25, 0.3) is 0 Å². The first-order valence-electron chi connectivity index (χ1n) is 4.68. The molecule has 0 aromatic carbocycles. The zero-order chi connectivity index (χ0) is 9.84. The lowest BCUT2D eigenvalue weighted by molar-refractivity contribution is 1.21. The minimum Gasteiger partial charge on any atom is -0.357 e. The number of rotatable bonds is 0. The molecule has 0 aliphatic rings. The van der Waals surface area contributed by atoms with Gasteiger partial charge in [0.05, 0.1) is 11.7 Å². The van der Waals surface area contributed by atoms with Crippen molar-refractivity contribution >= 4 is 10.9 Å². The summed E-state index contributed by atoms with van der Waals surface area (Å²) in [7, 11) is 0. The predicted octanol–water partition coefficient (Wildman–Crippen LogP) is 3.21. The monoisotopic (exact) mass is 176 g/mol. The van der Waals surface area contributed by atoms with Gasteiger partial charge >= 0.3 is 0 Å². The first-order chi connectivity index (χ1) is 6.25. The number of aromatic amines is 1. The molecule has 0 unspecified atom stereocenters.